The Labute approximate surface area is 111 Å². The van der Waals surface area contributed by atoms with E-state index in [1.807, 2.05) is 0 Å². The van der Waals surface area contributed by atoms with Crippen molar-refractivity contribution >= 4 is 27.8 Å². The average molecular weight is 316 g/mol. The fraction of sp³-hybridized carbons (Fsp3) is 0.273. The predicted molar refractivity (Wildman–Crippen MR) is 64.8 cm³/mol. The van der Waals surface area contributed by atoms with Crippen molar-refractivity contribution in [1.29, 1.82) is 0 Å². The van der Waals surface area contributed by atoms with Gasteiger partial charge in [-0.15, -0.1) is 0 Å². The van der Waals surface area contributed by atoms with E-state index in [0.29, 0.717) is 21.5 Å². The van der Waals surface area contributed by atoms with Gasteiger partial charge >= 0.3 is 5.97 Å². The second kappa shape index (κ2) is 4.85. The number of hydrogen-bond acceptors (Lipinski definition) is 4. The summed E-state index contributed by atoms with van der Waals surface area (Å²) in [7, 11) is 0. The highest BCUT2D eigenvalue weighted by Gasteiger charge is 2.22. The highest BCUT2D eigenvalue weighted by Crippen LogP contribution is 2.39. The van der Waals surface area contributed by atoms with Gasteiger partial charge in [0.25, 0.3) is 5.91 Å². The first-order valence-electron chi connectivity index (χ1n) is 5.12. The first-order valence-corrected chi connectivity index (χ1v) is 5.91. The largest absolute Gasteiger partial charge is 0.480 e. The molecule has 1 amide bonds. The number of carbonyl (C=O) groups excluding carboxylic acids is 1. The SMILES string of the molecule is C[C@H](NC(=O)c1cc(Br)c2c(c1)OCO2)C(=O)O. The summed E-state index contributed by atoms with van der Waals surface area (Å²) in [6.07, 6.45) is 0. The number of halogens is 1. The summed E-state index contributed by atoms with van der Waals surface area (Å²) in [6.45, 7) is 1.49. The Morgan fingerprint density at radius 1 is 1.44 bits per heavy atom. The fourth-order valence-electron chi connectivity index (χ4n) is 1.44. The van der Waals surface area contributed by atoms with E-state index < -0.39 is 17.9 Å². The summed E-state index contributed by atoms with van der Waals surface area (Å²) in [5.74, 6) is -0.581. The Morgan fingerprint density at radius 3 is 2.83 bits per heavy atom. The van der Waals surface area contributed by atoms with Crippen LogP contribution in [0.2, 0.25) is 0 Å². The summed E-state index contributed by atoms with van der Waals surface area (Å²) in [4.78, 5) is 22.5. The predicted octanol–water partition coefficient (Wildman–Crippen LogP) is 1.38. The van der Waals surface area contributed by atoms with Gasteiger partial charge in [-0.3, -0.25) is 9.59 Å². The highest BCUT2D eigenvalue weighted by atomic mass is 79.9. The molecule has 1 aromatic rings. The molecule has 1 aromatic carbocycles. The Hall–Kier alpha value is -1.76. The second-order valence-corrected chi connectivity index (χ2v) is 4.58. The van der Waals surface area contributed by atoms with Gasteiger partial charge in [0, 0.05) is 5.56 Å². The smallest absolute Gasteiger partial charge is 0.325 e. The van der Waals surface area contributed by atoms with Crippen molar-refractivity contribution in [3.05, 3.63) is 22.2 Å². The monoisotopic (exact) mass is 315 g/mol. The number of hydrogen-bond donors (Lipinski definition) is 2. The van der Waals surface area contributed by atoms with Crippen LogP contribution in [0.3, 0.4) is 0 Å². The zero-order chi connectivity index (χ0) is 13.3. The van der Waals surface area contributed by atoms with E-state index in [1.54, 1.807) is 6.07 Å². The van der Waals surface area contributed by atoms with Gasteiger partial charge in [0.15, 0.2) is 11.5 Å². The molecule has 0 saturated carbocycles. The molecule has 6 nitrogen and oxygen atoms in total. The van der Waals surface area contributed by atoms with Crippen LogP contribution < -0.4 is 14.8 Å². The number of carbonyl (C=O) groups is 2. The standard InChI is InChI=1S/C11H10BrNO5/c1-5(11(15)16)13-10(14)6-2-7(12)9-8(3-6)17-4-18-9/h2-3,5H,4H2,1H3,(H,13,14)(H,15,16)/t5-/m0/s1. The van der Waals surface area contributed by atoms with Crippen LogP contribution in [0, 0.1) is 0 Å². The first kappa shape index (κ1) is 12.7. The maximum atomic E-state index is 11.8. The zero-order valence-electron chi connectivity index (χ0n) is 9.40. The number of rotatable bonds is 3. The Kier molecular flexibility index (Phi) is 3.42. The molecular formula is C11H10BrNO5. The molecule has 96 valence electrons. The highest BCUT2D eigenvalue weighted by molar-refractivity contribution is 9.10. The maximum absolute atomic E-state index is 11.8. The topological polar surface area (TPSA) is 84.9 Å². The molecule has 1 aliphatic rings. The number of ether oxygens (including phenoxy) is 2. The molecule has 1 aliphatic heterocycles. The molecule has 18 heavy (non-hydrogen) atoms. The van der Waals surface area contributed by atoms with Gasteiger partial charge in [0.1, 0.15) is 6.04 Å². The molecular weight excluding hydrogens is 306 g/mol. The van der Waals surface area contributed by atoms with Crippen molar-refractivity contribution in [3.63, 3.8) is 0 Å². The number of carboxylic acid groups (broad SMARTS) is 1. The van der Waals surface area contributed by atoms with Crippen molar-refractivity contribution in [3.8, 4) is 11.5 Å². The molecule has 0 unspecified atom stereocenters. The number of fused-ring (bicyclic) bond motifs is 1. The quantitative estimate of drug-likeness (QED) is 0.880. The normalized spacial score (nSPS) is 14.1. The van der Waals surface area contributed by atoms with E-state index >= 15 is 0 Å². The van der Waals surface area contributed by atoms with Crippen molar-refractivity contribution in [2.24, 2.45) is 0 Å². The van der Waals surface area contributed by atoms with Gasteiger partial charge in [0.2, 0.25) is 6.79 Å². The van der Waals surface area contributed by atoms with Crippen molar-refractivity contribution in [1.82, 2.24) is 5.32 Å². The second-order valence-electron chi connectivity index (χ2n) is 3.73. The summed E-state index contributed by atoms with van der Waals surface area (Å²) >= 11 is 3.26. The summed E-state index contributed by atoms with van der Waals surface area (Å²) in [5.41, 5.74) is 0.305. The molecule has 7 heteroatoms. The minimum absolute atomic E-state index is 0.102. The number of carboxylic acids is 1. The van der Waals surface area contributed by atoms with Gasteiger partial charge < -0.3 is 19.9 Å². The fourth-order valence-corrected chi connectivity index (χ4v) is 2.00. The third-order valence-corrected chi connectivity index (χ3v) is 3.00. The average Bonchev–Trinajstić information content (AvgIpc) is 2.77. The van der Waals surface area contributed by atoms with Crippen molar-refractivity contribution in [2.75, 3.05) is 6.79 Å². The molecule has 0 aliphatic carbocycles. The molecule has 0 saturated heterocycles. The summed E-state index contributed by atoms with van der Waals surface area (Å²) in [5, 5.41) is 11.1. The van der Waals surface area contributed by atoms with Gasteiger partial charge in [0.05, 0.1) is 4.47 Å². The minimum atomic E-state index is -1.09. The van der Waals surface area contributed by atoms with Crippen LogP contribution in [0.25, 0.3) is 0 Å². The number of aliphatic carboxylic acids is 1. The number of benzene rings is 1. The maximum Gasteiger partial charge on any atom is 0.325 e. The van der Waals surface area contributed by atoms with Crippen molar-refractivity contribution in [2.45, 2.75) is 13.0 Å². The molecule has 2 N–H and O–H groups in total. The Bertz CT molecular complexity index is 516. The summed E-state index contributed by atoms with van der Waals surface area (Å²) in [6, 6.07) is 2.11. The molecule has 1 heterocycles. The Balaban J connectivity index is 2.21. The zero-order valence-corrected chi connectivity index (χ0v) is 11.0. The molecule has 0 bridgehead atoms. The van der Waals surface area contributed by atoms with E-state index in [4.69, 9.17) is 14.6 Å². The number of amides is 1. The Morgan fingerprint density at radius 2 is 2.17 bits per heavy atom. The van der Waals surface area contributed by atoms with E-state index in [2.05, 4.69) is 21.2 Å². The van der Waals surface area contributed by atoms with Crippen LogP contribution in [0.5, 0.6) is 11.5 Å². The van der Waals surface area contributed by atoms with Crippen LogP contribution in [0.1, 0.15) is 17.3 Å². The molecule has 1 atom stereocenters. The van der Waals surface area contributed by atoms with E-state index in [0.717, 1.165) is 0 Å². The van der Waals surface area contributed by atoms with Crippen LogP contribution in [0.15, 0.2) is 16.6 Å². The summed E-state index contributed by atoms with van der Waals surface area (Å²) < 4.78 is 11.0. The third-order valence-electron chi connectivity index (χ3n) is 2.41. The lowest BCUT2D eigenvalue weighted by molar-refractivity contribution is -0.138. The van der Waals surface area contributed by atoms with Gasteiger partial charge in [-0.1, -0.05) is 0 Å². The van der Waals surface area contributed by atoms with Gasteiger partial charge in [-0.25, -0.2) is 0 Å². The lowest BCUT2D eigenvalue weighted by atomic mass is 10.1. The lowest BCUT2D eigenvalue weighted by Gasteiger charge is -2.10. The van der Waals surface area contributed by atoms with E-state index in [-0.39, 0.29) is 6.79 Å². The van der Waals surface area contributed by atoms with Crippen LogP contribution in [-0.4, -0.2) is 29.8 Å². The molecule has 0 fully saturated rings. The van der Waals surface area contributed by atoms with Crippen LogP contribution >= 0.6 is 15.9 Å². The molecule has 0 radical (unpaired) electrons. The first-order chi connectivity index (χ1) is 8.49. The minimum Gasteiger partial charge on any atom is -0.480 e. The number of nitrogens with one attached hydrogen (secondary N) is 1. The van der Waals surface area contributed by atoms with Crippen molar-refractivity contribution < 1.29 is 24.2 Å². The lowest BCUT2D eigenvalue weighted by Crippen LogP contribution is -2.38. The van der Waals surface area contributed by atoms with E-state index in [9.17, 15) is 9.59 Å². The van der Waals surface area contributed by atoms with Gasteiger partial charge in [-0.2, -0.15) is 0 Å². The van der Waals surface area contributed by atoms with Crippen LogP contribution in [0.4, 0.5) is 0 Å². The molecule has 0 spiro atoms. The third kappa shape index (κ3) is 2.40. The molecule has 0 aromatic heterocycles. The van der Waals surface area contributed by atoms with Gasteiger partial charge in [-0.05, 0) is 35.0 Å². The van der Waals surface area contributed by atoms with E-state index in [1.165, 1.54) is 13.0 Å². The molecule has 2 rings (SSSR count). The van der Waals surface area contributed by atoms with Crippen LogP contribution in [-0.2, 0) is 4.79 Å².